The van der Waals surface area contributed by atoms with E-state index in [2.05, 4.69) is 44.7 Å². The summed E-state index contributed by atoms with van der Waals surface area (Å²) in [5.41, 5.74) is 2.78. The quantitative estimate of drug-likeness (QED) is 0.356. The molecule has 1 aliphatic rings. The van der Waals surface area contributed by atoms with Gasteiger partial charge in [0, 0.05) is 11.5 Å². The van der Waals surface area contributed by atoms with Crippen LogP contribution in [-0.4, -0.2) is 58.1 Å². The van der Waals surface area contributed by atoms with E-state index < -0.39 is 7.14 Å². The number of fused-ring (bicyclic) bond motifs is 1. The molecule has 4 heterocycles. The molecule has 0 atom stereocenters. The third kappa shape index (κ3) is 4.73. The van der Waals surface area contributed by atoms with Crippen LogP contribution in [0.5, 0.6) is 0 Å². The Morgan fingerprint density at radius 2 is 1.88 bits per heavy atom. The van der Waals surface area contributed by atoms with E-state index in [1.165, 1.54) is 0 Å². The van der Waals surface area contributed by atoms with Gasteiger partial charge in [-0.05, 0) is 76.3 Å². The minimum Gasteiger partial charge on any atom is -0.339 e. The minimum absolute atomic E-state index is 0.419. The van der Waals surface area contributed by atoms with Gasteiger partial charge in [-0.25, -0.2) is 4.98 Å². The van der Waals surface area contributed by atoms with Gasteiger partial charge in [-0.2, -0.15) is 10.1 Å². The van der Waals surface area contributed by atoms with Gasteiger partial charge < -0.3 is 20.1 Å². The molecule has 0 aliphatic carbocycles. The third-order valence-corrected chi connectivity index (χ3v) is 8.81. The number of hydrogen-bond acceptors (Lipinski definition) is 8. The summed E-state index contributed by atoms with van der Waals surface area (Å²) in [5, 5.41) is 15.3. The number of aryl methyl sites for hydroxylation is 1. The fourth-order valence-corrected chi connectivity index (χ4v) is 6.47. The predicted molar refractivity (Wildman–Crippen MR) is 142 cm³/mol. The lowest BCUT2D eigenvalue weighted by Crippen LogP contribution is -2.31. The number of piperidine rings is 1. The summed E-state index contributed by atoms with van der Waals surface area (Å²) in [7, 11) is -0.302. The van der Waals surface area contributed by atoms with Crippen LogP contribution in [0.2, 0.25) is 0 Å². The van der Waals surface area contributed by atoms with Gasteiger partial charge in [-0.1, -0.05) is 12.1 Å². The Morgan fingerprint density at radius 3 is 2.65 bits per heavy atom. The van der Waals surface area contributed by atoms with Gasteiger partial charge >= 0.3 is 0 Å². The topological polar surface area (TPSA) is 88.0 Å². The highest BCUT2D eigenvalue weighted by atomic mass is 32.1. The zero-order chi connectivity index (χ0) is 23.9. The number of para-hydroxylation sites is 1. The van der Waals surface area contributed by atoms with Crippen molar-refractivity contribution in [3.63, 3.8) is 0 Å². The van der Waals surface area contributed by atoms with E-state index in [1.54, 1.807) is 24.7 Å². The SMILES string of the molecule is Cc1csc2nc(Nc3cnn(C4CCN(C)CC4)c3)nc(Nc3ccccc3P(C)(C)=O)c12. The van der Waals surface area contributed by atoms with Crippen molar-refractivity contribution >= 4 is 57.1 Å². The fraction of sp³-hybridized carbons (Fsp3) is 0.375. The lowest BCUT2D eigenvalue weighted by molar-refractivity contribution is 0.212. The Bertz CT molecular complexity index is 1370. The van der Waals surface area contributed by atoms with Crippen molar-refractivity contribution in [1.29, 1.82) is 0 Å². The van der Waals surface area contributed by atoms with Crippen LogP contribution >= 0.6 is 18.5 Å². The highest BCUT2D eigenvalue weighted by Gasteiger charge is 2.20. The number of nitrogens with one attached hydrogen (secondary N) is 2. The van der Waals surface area contributed by atoms with E-state index in [1.807, 2.05) is 36.7 Å². The van der Waals surface area contributed by atoms with Crippen molar-refractivity contribution in [2.24, 2.45) is 0 Å². The van der Waals surface area contributed by atoms with Crippen LogP contribution in [-0.2, 0) is 4.57 Å². The lowest BCUT2D eigenvalue weighted by atomic mass is 10.1. The molecule has 1 saturated heterocycles. The number of thiophene rings is 1. The number of aromatic nitrogens is 4. The molecule has 1 aliphatic heterocycles. The Hall–Kier alpha value is -2.74. The molecule has 0 radical (unpaired) electrons. The normalized spacial score (nSPS) is 15.6. The second-order valence-electron chi connectivity index (χ2n) is 9.36. The maximum Gasteiger partial charge on any atom is 0.230 e. The van der Waals surface area contributed by atoms with Crippen LogP contribution in [0.1, 0.15) is 24.4 Å². The number of hydrogen-bond donors (Lipinski definition) is 2. The van der Waals surface area contributed by atoms with E-state index >= 15 is 0 Å². The molecule has 0 amide bonds. The van der Waals surface area contributed by atoms with Crippen molar-refractivity contribution in [1.82, 2.24) is 24.6 Å². The van der Waals surface area contributed by atoms with Crippen LogP contribution in [0.4, 0.5) is 23.1 Å². The molecule has 1 aromatic carbocycles. The first-order chi connectivity index (χ1) is 16.3. The second-order valence-corrected chi connectivity index (χ2v) is 13.4. The Morgan fingerprint density at radius 1 is 1.12 bits per heavy atom. The molecule has 10 heteroatoms. The average molecular weight is 496 g/mol. The number of likely N-dealkylation sites (tertiary alicyclic amines) is 1. The molecular weight excluding hydrogens is 465 g/mol. The number of anilines is 4. The van der Waals surface area contributed by atoms with Crippen LogP contribution < -0.4 is 15.9 Å². The smallest absolute Gasteiger partial charge is 0.230 e. The molecule has 34 heavy (non-hydrogen) atoms. The van der Waals surface area contributed by atoms with Crippen molar-refractivity contribution in [2.75, 3.05) is 44.1 Å². The van der Waals surface area contributed by atoms with Gasteiger partial charge in [0.25, 0.3) is 0 Å². The lowest BCUT2D eigenvalue weighted by Gasteiger charge is -2.28. The zero-order valence-electron chi connectivity index (χ0n) is 19.9. The van der Waals surface area contributed by atoms with Crippen molar-refractivity contribution in [3.8, 4) is 0 Å². The Labute approximate surface area is 203 Å². The molecule has 0 bridgehead atoms. The maximum absolute atomic E-state index is 12.9. The molecule has 0 spiro atoms. The van der Waals surface area contributed by atoms with E-state index in [-0.39, 0.29) is 0 Å². The fourth-order valence-electron chi connectivity index (χ4n) is 4.40. The molecule has 0 unspecified atom stereocenters. The van der Waals surface area contributed by atoms with Gasteiger partial charge in [0.1, 0.15) is 17.8 Å². The van der Waals surface area contributed by atoms with E-state index in [0.29, 0.717) is 17.8 Å². The molecule has 1 fully saturated rings. The average Bonchev–Trinajstić information content (AvgIpc) is 3.41. The van der Waals surface area contributed by atoms with Crippen molar-refractivity contribution in [2.45, 2.75) is 25.8 Å². The summed E-state index contributed by atoms with van der Waals surface area (Å²) in [6.07, 6.45) is 6.07. The molecule has 2 N–H and O–H groups in total. The van der Waals surface area contributed by atoms with Gasteiger partial charge in [0.15, 0.2) is 0 Å². The molecule has 3 aromatic heterocycles. The van der Waals surface area contributed by atoms with Crippen molar-refractivity contribution in [3.05, 3.63) is 47.6 Å². The van der Waals surface area contributed by atoms with Crippen molar-refractivity contribution < 1.29 is 4.57 Å². The molecule has 178 valence electrons. The molecule has 8 nitrogen and oxygen atoms in total. The third-order valence-electron chi connectivity index (χ3n) is 6.27. The minimum atomic E-state index is -2.46. The summed E-state index contributed by atoms with van der Waals surface area (Å²) in [4.78, 5) is 12.8. The predicted octanol–water partition coefficient (Wildman–Crippen LogP) is 5.20. The highest BCUT2D eigenvalue weighted by Crippen LogP contribution is 2.39. The number of nitrogens with zero attached hydrogens (tertiary/aromatic N) is 5. The van der Waals surface area contributed by atoms with E-state index in [9.17, 15) is 4.57 Å². The summed E-state index contributed by atoms with van der Waals surface area (Å²) in [6, 6.07) is 8.14. The first-order valence-electron chi connectivity index (χ1n) is 11.4. The van der Waals surface area contributed by atoms with Crippen LogP contribution in [0, 0.1) is 6.92 Å². The van der Waals surface area contributed by atoms with Crippen LogP contribution in [0.25, 0.3) is 10.2 Å². The van der Waals surface area contributed by atoms with Gasteiger partial charge in [-0.15, -0.1) is 11.3 Å². The van der Waals surface area contributed by atoms with E-state index in [0.717, 1.165) is 58.4 Å². The summed E-state index contributed by atoms with van der Waals surface area (Å²) >= 11 is 1.59. The second kappa shape index (κ2) is 9.13. The summed E-state index contributed by atoms with van der Waals surface area (Å²) < 4.78 is 14.9. The van der Waals surface area contributed by atoms with Gasteiger partial charge in [0.2, 0.25) is 5.95 Å². The number of benzene rings is 1. The molecule has 0 saturated carbocycles. The Kier molecular flexibility index (Phi) is 6.18. The number of rotatable bonds is 6. The first-order valence-corrected chi connectivity index (χ1v) is 14.9. The molecule has 4 aromatic rings. The maximum atomic E-state index is 12.9. The Balaban J connectivity index is 1.45. The van der Waals surface area contributed by atoms with Gasteiger partial charge in [-0.3, -0.25) is 4.68 Å². The largest absolute Gasteiger partial charge is 0.339 e. The first kappa shape index (κ1) is 23.0. The van der Waals surface area contributed by atoms with Gasteiger partial charge in [0.05, 0.1) is 29.0 Å². The highest BCUT2D eigenvalue weighted by molar-refractivity contribution is 7.70. The standard InChI is InChI=1S/C24H30N7OPS/c1-16-15-34-23-21(16)22(27-19-7-5-6-8-20(19)33(3,4)32)28-24(29-23)26-17-13-25-31(14-17)18-9-11-30(2)12-10-18/h5-8,13-15,18H,9-12H2,1-4H3,(H2,26,27,28,29). The van der Waals surface area contributed by atoms with E-state index in [4.69, 9.17) is 9.97 Å². The van der Waals surface area contributed by atoms with Crippen LogP contribution in [0.3, 0.4) is 0 Å². The molecular formula is C24H30N7OPS. The summed E-state index contributed by atoms with van der Waals surface area (Å²) in [6.45, 7) is 7.80. The molecule has 5 rings (SSSR count). The zero-order valence-corrected chi connectivity index (χ0v) is 21.7. The summed E-state index contributed by atoms with van der Waals surface area (Å²) in [5.74, 6) is 1.21. The monoisotopic (exact) mass is 495 g/mol. The van der Waals surface area contributed by atoms with Crippen LogP contribution in [0.15, 0.2) is 42.0 Å².